The maximum atomic E-state index is 13.1. The monoisotopic (exact) mass is 426 g/mol. The highest BCUT2D eigenvalue weighted by Gasteiger charge is 2.26. The molecule has 0 aliphatic carbocycles. The van der Waals surface area contributed by atoms with E-state index < -0.39 is 6.04 Å². The standard InChI is InChI=1S/C25H34N2O4/c1-6-7-13-26-25(29)20(4)27(16-21-9-8-10-22(15-21)30-5)24(28)17-31-23-12-11-18(2)19(3)14-23/h8-12,14-15,20H,6-7,13,16-17H2,1-5H3,(H,26,29)/t20-/m1/s1. The molecule has 0 aliphatic heterocycles. The van der Waals surface area contributed by atoms with Crippen LogP contribution >= 0.6 is 0 Å². The lowest BCUT2D eigenvalue weighted by Gasteiger charge is -2.29. The van der Waals surface area contributed by atoms with Gasteiger partial charge >= 0.3 is 0 Å². The second kappa shape index (κ2) is 12.0. The number of hydrogen-bond donors (Lipinski definition) is 1. The van der Waals surface area contributed by atoms with Gasteiger partial charge in [-0.2, -0.15) is 0 Å². The largest absolute Gasteiger partial charge is 0.497 e. The minimum Gasteiger partial charge on any atom is -0.497 e. The summed E-state index contributed by atoms with van der Waals surface area (Å²) in [5.74, 6) is 0.921. The molecule has 0 radical (unpaired) electrons. The summed E-state index contributed by atoms with van der Waals surface area (Å²) in [6.07, 6.45) is 1.89. The first-order valence-corrected chi connectivity index (χ1v) is 10.8. The number of nitrogens with one attached hydrogen (secondary N) is 1. The molecule has 1 N–H and O–H groups in total. The smallest absolute Gasteiger partial charge is 0.261 e. The molecule has 0 saturated carbocycles. The first-order valence-electron chi connectivity index (χ1n) is 10.8. The number of rotatable bonds is 11. The summed E-state index contributed by atoms with van der Waals surface area (Å²) in [7, 11) is 1.60. The Hall–Kier alpha value is -3.02. The zero-order valence-electron chi connectivity index (χ0n) is 19.2. The quantitative estimate of drug-likeness (QED) is 0.551. The van der Waals surface area contributed by atoms with Crippen molar-refractivity contribution < 1.29 is 19.1 Å². The number of amides is 2. The molecule has 2 rings (SSSR count). The Balaban J connectivity index is 2.14. The highest BCUT2D eigenvalue weighted by Crippen LogP contribution is 2.18. The van der Waals surface area contributed by atoms with Crippen molar-refractivity contribution >= 4 is 11.8 Å². The Morgan fingerprint density at radius 1 is 1.06 bits per heavy atom. The van der Waals surface area contributed by atoms with Crippen molar-refractivity contribution in [2.75, 3.05) is 20.3 Å². The number of hydrogen-bond acceptors (Lipinski definition) is 4. The van der Waals surface area contributed by atoms with Crippen LogP contribution in [-0.2, 0) is 16.1 Å². The molecule has 6 nitrogen and oxygen atoms in total. The summed E-state index contributed by atoms with van der Waals surface area (Å²) in [5, 5.41) is 2.92. The molecule has 0 aliphatic rings. The van der Waals surface area contributed by atoms with Crippen LogP contribution in [0.25, 0.3) is 0 Å². The maximum Gasteiger partial charge on any atom is 0.261 e. The highest BCUT2D eigenvalue weighted by atomic mass is 16.5. The Morgan fingerprint density at radius 3 is 2.52 bits per heavy atom. The lowest BCUT2D eigenvalue weighted by molar-refractivity contribution is -0.142. The number of aryl methyl sites for hydroxylation is 2. The van der Waals surface area contributed by atoms with Gasteiger partial charge in [-0.25, -0.2) is 0 Å². The van der Waals surface area contributed by atoms with Crippen molar-refractivity contribution in [3.63, 3.8) is 0 Å². The third-order valence-corrected chi connectivity index (χ3v) is 5.32. The summed E-state index contributed by atoms with van der Waals surface area (Å²) in [6.45, 7) is 8.59. The van der Waals surface area contributed by atoms with Crippen LogP contribution in [0.15, 0.2) is 42.5 Å². The number of unbranched alkanes of at least 4 members (excludes halogenated alkanes) is 1. The van der Waals surface area contributed by atoms with Crippen LogP contribution in [0.5, 0.6) is 11.5 Å². The molecule has 31 heavy (non-hydrogen) atoms. The fraction of sp³-hybridized carbons (Fsp3) is 0.440. The molecule has 0 bridgehead atoms. The van der Waals surface area contributed by atoms with Crippen LogP contribution < -0.4 is 14.8 Å². The molecule has 168 valence electrons. The molecule has 2 aromatic rings. The predicted octanol–water partition coefficient (Wildman–Crippen LogP) is 4.02. The van der Waals surface area contributed by atoms with Crippen molar-refractivity contribution in [1.82, 2.24) is 10.2 Å². The molecule has 2 amide bonds. The van der Waals surface area contributed by atoms with Gasteiger partial charge in [0.25, 0.3) is 5.91 Å². The summed E-state index contributed by atoms with van der Waals surface area (Å²) < 4.78 is 11.0. The molecule has 0 aromatic heterocycles. The number of ether oxygens (including phenoxy) is 2. The molecular formula is C25H34N2O4. The van der Waals surface area contributed by atoms with Gasteiger partial charge in [0.2, 0.25) is 5.91 Å². The molecule has 0 saturated heterocycles. The van der Waals surface area contributed by atoms with Crippen molar-refractivity contribution in [3.05, 3.63) is 59.2 Å². The van der Waals surface area contributed by atoms with E-state index in [0.29, 0.717) is 18.0 Å². The first-order chi connectivity index (χ1) is 14.8. The van der Waals surface area contributed by atoms with Gasteiger partial charge in [0.05, 0.1) is 7.11 Å². The lowest BCUT2D eigenvalue weighted by atomic mass is 10.1. The van der Waals surface area contributed by atoms with Crippen molar-refractivity contribution in [3.8, 4) is 11.5 Å². The number of benzene rings is 2. The molecule has 0 spiro atoms. The normalized spacial score (nSPS) is 11.5. The van der Waals surface area contributed by atoms with Gasteiger partial charge in [-0.3, -0.25) is 9.59 Å². The lowest BCUT2D eigenvalue weighted by Crippen LogP contribution is -2.49. The van der Waals surface area contributed by atoms with Crippen molar-refractivity contribution in [2.24, 2.45) is 0 Å². The fourth-order valence-electron chi connectivity index (χ4n) is 3.12. The Kier molecular flexibility index (Phi) is 9.38. The van der Waals surface area contributed by atoms with Crippen LogP contribution in [0, 0.1) is 13.8 Å². The van der Waals surface area contributed by atoms with E-state index in [1.165, 1.54) is 0 Å². The average Bonchev–Trinajstić information content (AvgIpc) is 2.77. The van der Waals surface area contributed by atoms with E-state index in [0.717, 1.165) is 29.5 Å². The molecule has 0 fully saturated rings. The minimum absolute atomic E-state index is 0.140. The van der Waals surface area contributed by atoms with Gasteiger partial charge in [-0.1, -0.05) is 31.5 Å². The summed E-state index contributed by atoms with van der Waals surface area (Å²) in [4.78, 5) is 27.3. The first kappa shape index (κ1) is 24.3. The molecule has 0 heterocycles. The van der Waals surface area contributed by atoms with Crippen LogP contribution in [0.2, 0.25) is 0 Å². The number of carbonyl (C=O) groups is 2. The van der Waals surface area contributed by atoms with Gasteiger partial charge in [0, 0.05) is 13.1 Å². The Bertz CT molecular complexity index is 882. The van der Waals surface area contributed by atoms with Crippen molar-refractivity contribution in [1.29, 1.82) is 0 Å². The topological polar surface area (TPSA) is 67.9 Å². The van der Waals surface area contributed by atoms with E-state index in [1.54, 1.807) is 18.9 Å². The van der Waals surface area contributed by atoms with E-state index in [9.17, 15) is 9.59 Å². The molecule has 2 aromatic carbocycles. The average molecular weight is 427 g/mol. The van der Waals surface area contributed by atoms with E-state index in [1.807, 2.05) is 56.3 Å². The van der Waals surface area contributed by atoms with Crippen LogP contribution in [0.1, 0.15) is 43.4 Å². The highest BCUT2D eigenvalue weighted by molar-refractivity contribution is 5.87. The summed E-state index contributed by atoms with van der Waals surface area (Å²) >= 11 is 0. The van der Waals surface area contributed by atoms with E-state index in [4.69, 9.17) is 9.47 Å². The second-order valence-corrected chi connectivity index (χ2v) is 7.73. The van der Waals surface area contributed by atoms with Crippen LogP contribution in [0.3, 0.4) is 0 Å². The third kappa shape index (κ3) is 7.31. The molecule has 1 atom stereocenters. The molecule has 6 heteroatoms. The number of carbonyl (C=O) groups excluding carboxylic acids is 2. The Morgan fingerprint density at radius 2 is 1.84 bits per heavy atom. The third-order valence-electron chi connectivity index (χ3n) is 5.32. The Labute approximate surface area is 185 Å². The van der Waals surface area contributed by atoms with Crippen LogP contribution in [-0.4, -0.2) is 43.0 Å². The molecule has 0 unspecified atom stereocenters. The van der Waals surface area contributed by atoms with Gasteiger partial charge in [0.15, 0.2) is 6.61 Å². The second-order valence-electron chi connectivity index (χ2n) is 7.73. The van der Waals surface area contributed by atoms with E-state index in [2.05, 4.69) is 12.2 Å². The van der Waals surface area contributed by atoms with Gasteiger partial charge in [-0.05, 0) is 68.1 Å². The van der Waals surface area contributed by atoms with Gasteiger partial charge < -0.3 is 19.7 Å². The number of methoxy groups -OCH3 is 1. The SMILES string of the molecule is CCCCNC(=O)[C@@H](C)N(Cc1cccc(OC)c1)C(=O)COc1ccc(C)c(C)c1. The zero-order chi connectivity index (χ0) is 22.8. The number of nitrogens with zero attached hydrogens (tertiary/aromatic N) is 1. The summed E-state index contributed by atoms with van der Waals surface area (Å²) in [5.41, 5.74) is 3.14. The molecular weight excluding hydrogens is 392 g/mol. The van der Waals surface area contributed by atoms with E-state index in [-0.39, 0.29) is 25.0 Å². The van der Waals surface area contributed by atoms with Crippen LogP contribution in [0.4, 0.5) is 0 Å². The van der Waals surface area contributed by atoms with Crippen molar-refractivity contribution in [2.45, 2.75) is 53.1 Å². The minimum atomic E-state index is -0.626. The fourth-order valence-corrected chi connectivity index (χ4v) is 3.12. The predicted molar refractivity (Wildman–Crippen MR) is 122 cm³/mol. The zero-order valence-corrected chi connectivity index (χ0v) is 19.2. The van der Waals surface area contributed by atoms with Gasteiger partial charge in [-0.15, -0.1) is 0 Å². The summed E-state index contributed by atoms with van der Waals surface area (Å²) in [6, 6.07) is 12.6. The maximum absolute atomic E-state index is 13.1. The van der Waals surface area contributed by atoms with E-state index >= 15 is 0 Å². The van der Waals surface area contributed by atoms with Gasteiger partial charge in [0.1, 0.15) is 17.5 Å².